The molecule has 4 aliphatic heterocycles. The van der Waals surface area contributed by atoms with Crippen molar-refractivity contribution in [2.24, 2.45) is 5.92 Å². The molecule has 4 fully saturated rings. The van der Waals surface area contributed by atoms with Crippen LogP contribution in [0.5, 0.6) is 0 Å². The summed E-state index contributed by atoms with van der Waals surface area (Å²) in [5.41, 5.74) is 0. The maximum atomic E-state index is 2.98. The monoisotopic (exact) mass is 248 g/mol. The summed E-state index contributed by atoms with van der Waals surface area (Å²) in [5, 5.41) is 0. The Morgan fingerprint density at radius 2 is 1.61 bits per heavy atom. The van der Waals surface area contributed by atoms with Crippen molar-refractivity contribution < 1.29 is 0 Å². The van der Waals surface area contributed by atoms with E-state index in [1.807, 2.05) is 0 Å². The van der Waals surface area contributed by atoms with Gasteiger partial charge in [-0.15, -0.1) is 0 Å². The van der Waals surface area contributed by atoms with E-state index in [2.05, 4.69) is 16.7 Å². The lowest BCUT2D eigenvalue weighted by atomic mass is 9.76. The number of fused-ring (bicyclic) bond motifs is 2. The van der Waals surface area contributed by atoms with Crippen LogP contribution in [0.15, 0.2) is 0 Å². The summed E-state index contributed by atoms with van der Waals surface area (Å²) < 4.78 is 0. The average molecular weight is 248 g/mol. The van der Waals surface area contributed by atoms with Crippen LogP contribution < -0.4 is 0 Å². The second-order valence-corrected chi connectivity index (χ2v) is 7.37. The lowest BCUT2D eigenvalue weighted by Crippen LogP contribution is -2.68. The van der Waals surface area contributed by atoms with E-state index in [-0.39, 0.29) is 0 Å². The number of hydrogen-bond donors (Lipinski definition) is 0. The highest BCUT2D eigenvalue weighted by atomic mass is 15.4. The third kappa shape index (κ3) is 1.76. The van der Waals surface area contributed by atoms with E-state index in [0.29, 0.717) is 0 Å². The van der Waals surface area contributed by atoms with E-state index >= 15 is 0 Å². The maximum absolute atomic E-state index is 2.98. The van der Waals surface area contributed by atoms with E-state index < -0.39 is 0 Å². The fourth-order valence-electron chi connectivity index (χ4n) is 5.54. The number of rotatable bonds is 0. The molecule has 0 spiro atoms. The van der Waals surface area contributed by atoms with Crippen molar-refractivity contribution in [1.29, 1.82) is 0 Å². The second-order valence-electron chi connectivity index (χ2n) is 7.37. The van der Waals surface area contributed by atoms with Gasteiger partial charge in [0.15, 0.2) is 0 Å². The maximum Gasteiger partial charge on any atom is 0.0629 e. The van der Waals surface area contributed by atoms with Crippen LogP contribution in [-0.4, -0.2) is 40.6 Å². The molecule has 4 heterocycles. The quantitative estimate of drug-likeness (QED) is 0.649. The van der Waals surface area contributed by atoms with Gasteiger partial charge in [0.1, 0.15) is 0 Å². The van der Waals surface area contributed by atoms with Gasteiger partial charge in [-0.25, -0.2) is 0 Å². The summed E-state index contributed by atoms with van der Waals surface area (Å²) in [4.78, 5) is 5.88. The average Bonchev–Trinajstić information content (AvgIpc) is 2.38. The predicted octanol–water partition coefficient (Wildman–Crippen LogP) is 3.22. The van der Waals surface area contributed by atoms with Crippen molar-refractivity contribution in [2.75, 3.05) is 6.54 Å². The van der Waals surface area contributed by atoms with E-state index in [1.54, 1.807) is 0 Å². The van der Waals surface area contributed by atoms with Gasteiger partial charge >= 0.3 is 0 Å². The highest BCUT2D eigenvalue weighted by Crippen LogP contribution is 2.44. The van der Waals surface area contributed by atoms with E-state index in [4.69, 9.17) is 0 Å². The first-order valence-electron chi connectivity index (χ1n) is 8.36. The van der Waals surface area contributed by atoms with Crippen molar-refractivity contribution in [3.8, 4) is 0 Å². The number of nitrogens with zero attached hydrogens (tertiary/aromatic N) is 2. The minimum absolute atomic E-state index is 0.834. The Morgan fingerprint density at radius 3 is 2.56 bits per heavy atom. The Labute approximate surface area is 112 Å². The molecule has 0 aromatic carbocycles. The van der Waals surface area contributed by atoms with Crippen LogP contribution in [0.4, 0.5) is 0 Å². The molecule has 0 radical (unpaired) electrons. The van der Waals surface area contributed by atoms with Crippen LogP contribution in [-0.2, 0) is 0 Å². The summed E-state index contributed by atoms with van der Waals surface area (Å²) in [5.74, 6) is 0.977. The van der Waals surface area contributed by atoms with Crippen LogP contribution in [0.2, 0.25) is 0 Å². The van der Waals surface area contributed by atoms with Crippen molar-refractivity contribution in [1.82, 2.24) is 9.80 Å². The molecule has 4 saturated heterocycles. The molecule has 0 aromatic heterocycles. The summed E-state index contributed by atoms with van der Waals surface area (Å²) in [6, 6.07) is 2.80. The van der Waals surface area contributed by atoms with Crippen molar-refractivity contribution in [3.05, 3.63) is 0 Å². The van der Waals surface area contributed by atoms with Gasteiger partial charge in [-0.05, 0) is 63.8 Å². The van der Waals surface area contributed by atoms with Crippen molar-refractivity contribution in [2.45, 2.75) is 89.0 Å². The number of piperidine rings is 3. The van der Waals surface area contributed by atoms with Gasteiger partial charge < -0.3 is 0 Å². The Bertz CT molecular complexity index is 316. The zero-order valence-corrected chi connectivity index (χ0v) is 11.9. The van der Waals surface area contributed by atoms with Gasteiger partial charge in [-0.2, -0.15) is 0 Å². The second kappa shape index (κ2) is 4.49. The van der Waals surface area contributed by atoms with Crippen LogP contribution in [0.25, 0.3) is 0 Å². The third-order valence-corrected chi connectivity index (χ3v) is 6.14. The lowest BCUT2D eigenvalue weighted by Gasteiger charge is -2.61. The van der Waals surface area contributed by atoms with Gasteiger partial charge in [0, 0.05) is 18.1 Å². The van der Waals surface area contributed by atoms with Crippen LogP contribution in [0.3, 0.4) is 0 Å². The molecule has 0 aliphatic carbocycles. The highest BCUT2D eigenvalue weighted by Gasteiger charge is 2.48. The zero-order chi connectivity index (χ0) is 12.1. The van der Waals surface area contributed by atoms with Crippen molar-refractivity contribution >= 4 is 0 Å². The Balaban J connectivity index is 1.62. The van der Waals surface area contributed by atoms with Gasteiger partial charge in [-0.3, -0.25) is 9.80 Å². The van der Waals surface area contributed by atoms with Gasteiger partial charge in [-0.1, -0.05) is 13.3 Å². The van der Waals surface area contributed by atoms with Crippen LogP contribution in [0.1, 0.15) is 64.7 Å². The summed E-state index contributed by atoms with van der Waals surface area (Å²) in [6.07, 6.45) is 14.1. The van der Waals surface area contributed by atoms with E-state index in [9.17, 15) is 0 Å². The largest absolute Gasteiger partial charge is 0.285 e. The van der Waals surface area contributed by atoms with Gasteiger partial charge in [0.05, 0.1) is 6.17 Å². The van der Waals surface area contributed by atoms with Gasteiger partial charge in [0.2, 0.25) is 0 Å². The molecule has 0 aromatic rings. The Morgan fingerprint density at radius 1 is 0.778 bits per heavy atom. The molecular formula is C16H28N2. The zero-order valence-electron chi connectivity index (χ0n) is 11.9. The Kier molecular flexibility index (Phi) is 2.92. The fourth-order valence-corrected chi connectivity index (χ4v) is 5.54. The summed E-state index contributed by atoms with van der Waals surface area (Å²) in [6.45, 7) is 3.88. The normalized spacial score (nSPS) is 49.5. The van der Waals surface area contributed by atoms with E-state index in [1.165, 1.54) is 64.3 Å². The lowest BCUT2D eigenvalue weighted by molar-refractivity contribution is -0.144. The van der Waals surface area contributed by atoms with Gasteiger partial charge in [0.25, 0.3) is 0 Å². The third-order valence-electron chi connectivity index (χ3n) is 6.14. The van der Waals surface area contributed by atoms with Crippen molar-refractivity contribution in [3.63, 3.8) is 0 Å². The molecule has 2 heteroatoms. The SMILES string of the molecule is C[C@@H]1C[C@@H]2C[C@@H]3CCCCN3[C@H]3CCC[C@@H](C1)N23. The summed E-state index contributed by atoms with van der Waals surface area (Å²) >= 11 is 0. The smallest absolute Gasteiger partial charge is 0.0629 e. The molecule has 18 heavy (non-hydrogen) atoms. The minimum atomic E-state index is 0.834. The standard InChI is InChI=1S/C16H28N2/c1-12-9-14-6-4-7-16-17-8-3-2-5-13(17)11-15(10-12)18(14)16/h12-16H,2-11H2,1H3/t12-,13-,14-,15+,16+/m0/s1. The number of hydrogen-bond acceptors (Lipinski definition) is 2. The molecule has 0 amide bonds. The first-order valence-corrected chi connectivity index (χ1v) is 8.36. The first-order chi connectivity index (χ1) is 8.83. The van der Waals surface area contributed by atoms with E-state index in [0.717, 1.165) is 30.2 Å². The topological polar surface area (TPSA) is 6.48 Å². The Hall–Kier alpha value is -0.0800. The minimum Gasteiger partial charge on any atom is -0.285 e. The predicted molar refractivity (Wildman–Crippen MR) is 74.4 cm³/mol. The molecule has 102 valence electrons. The molecule has 0 N–H and O–H groups in total. The molecule has 0 saturated carbocycles. The van der Waals surface area contributed by atoms with Crippen LogP contribution in [0, 0.1) is 5.92 Å². The molecule has 0 unspecified atom stereocenters. The highest BCUT2D eigenvalue weighted by molar-refractivity contribution is 5.01. The molecule has 4 rings (SSSR count). The molecule has 2 nitrogen and oxygen atoms in total. The fraction of sp³-hybridized carbons (Fsp3) is 1.00. The molecular weight excluding hydrogens is 220 g/mol. The molecule has 5 atom stereocenters. The molecule has 4 aliphatic rings. The first kappa shape index (κ1) is 11.7. The van der Waals surface area contributed by atoms with Crippen LogP contribution >= 0.6 is 0 Å². The summed E-state index contributed by atoms with van der Waals surface area (Å²) in [7, 11) is 0. The molecule has 0 bridgehead atoms.